The second kappa shape index (κ2) is 5.87. The molecule has 6 heteroatoms. The Morgan fingerprint density at radius 1 is 1.18 bits per heavy atom. The van der Waals surface area contributed by atoms with E-state index in [9.17, 15) is 0 Å². The summed E-state index contributed by atoms with van der Waals surface area (Å²) in [5.41, 5.74) is 5.43. The molecule has 0 fully saturated rings. The van der Waals surface area contributed by atoms with E-state index in [-0.39, 0.29) is 0 Å². The highest BCUT2D eigenvalue weighted by Crippen LogP contribution is 2.40. The van der Waals surface area contributed by atoms with Gasteiger partial charge in [-0.15, -0.1) is 11.3 Å². The number of aromatic nitrogens is 2. The quantitative estimate of drug-likeness (QED) is 0.330. The lowest BCUT2D eigenvalue weighted by Gasteiger charge is -2.06. The van der Waals surface area contributed by atoms with Crippen LogP contribution in [-0.4, -0.2) is 9.97 Å². The van der Waals surface area contributed by atoms with Crippen LogP contribution in [0.5, 0.6) is 0 Å². The third kappa shape index (κ3) is 2.47. The van der Waals surface area contributed by atoms with Crippen LogP contribution in [0.25, 0.3) is 10.2 Å². The lowest BCUT2D eigenvalue weighted by atomic mass is 10.2. The molecule has 2 heterocycles. The summed E-state index contributed by atoms with van der Waals surface area (Å²) < 4.78 is 0. The molecule has 112 valence electrons. The number of hydrogen-bond acceptors (Lipinski definition) is 6. The number of nitrogens with zero attached hydrogens (tertiary/aromatic N) is 2. The molecule has 0 bridgehead atoms. The predicted octanol–water partition coefficient (Wildman–Crippen LogP) is 3.76. The van der Waals surface area contributed by atoms with Gasteiger partial charge in [0.1, 0.15) is 4.83 Å². The highest BCUT2D eigenvalue weighted by molar-refractivity contribution is 7.98. The van der Waals surface area contributed by atoms with Crippen LogP contribution in [0.3, 0.4) is 0 Å². The van der Waals surface area contributed by atoms with E-state index in [0.29, 0.717) is 0 Å². The largest absolute Gasteiger partial charge is 0.308 e. The summed E-state index contributed by atoms with van der Waals surface area (Å²) in [5.74, 6) is 7.33. The Labute approximate surface area is 137 Å². The van der Waals surface area contributed by atoms with Gasteiger partial charge < -0.3 is 5.43 Å². The molecule has 0 unspecified atom stereocenters. The van der Waals surface area contributed by atoms with Crippen molar-refractivity contribution in [1.29, 1.82) is 0 Å². The molecule has 0 amide bonds. The number of hydrazine groups is 1. The summed E-state index contributed by atoms with van der Waals surface area (Å²) in [5, 5.41) is 1.91. The fraction of sp³-hybridized carbons (Fsp3) is 0.250. The predicted molar refractivity (Wildman–Crippen MR) is 93.3 cm³/mol. The van der Waals surface area contributed by atoms with Gasteiger partial charge in [0.25, 0.3) is 0 Å². The Balaban J connectivity index is 1.67. The molecular formula is C16H16N4S2. The van der Waals surface area contributed by atoms with Crippen molar-refractivity contribution >= 4 is 39.1 Å². The summed E-state index contributed by atoms with van der Waals surface area (Å²) in [4.78, 5) is 11.9. The number of fused-ring (bicyclic) bond motifs is 3. The Hall–Kier alpha value is -1.63. The lowest BCUT2D eigenvalue weighted by Crippen LogP contribution is -2.10. The SMILES string of the molecule is NNc1nc(SCc2ccccc2)nc2sc3c(c12)CCC3. The molecule has 0 saturated heterocycles. The maximum Gasteiger partial charge on any atom is 0.191 e. The monoisotopic (exact) mass is 328 g/mol. The highest BCUT2D eigenvalue weighted by Gasteiger charge is 2.22. The minimum atomic E-state index is 0.764. The topological polar surface area (TPSA) is 63.8 Å². The molecule has 0 spiro atoms. The lowest BCUT2D eigenvalue weighted by molar-refractivity contribution is 0.915. The second-order valence-electron chi connectivity index (χ2n) is 5.31. The number of rotatable bonds is 4. The average molecular weight is 328 g/mol. The smallest absolute Gasteiger partial charge is 0.191 e. The van der Waals surface area contributed by atoms with Crippen molar-refractivity contribution in [3.05, 3.63) is 46.3 Å². The Bertz CT molecular complexity index is 814. The third-order valence-corrected chi connectivity index (χ3v) is 6.00. The molecule has 0 atom stereocenters. The van der Waals surface area contributed by atoms with E-state index in [1.807, 2.05) is 6.07 Å². The number of nitrogens with one attached hydrogen (secondary N) is 1. The number of nitrogens with two attached hydrogens (primary N) is 1. The molecule has 1 aliphatic rings. The van der Waals surface area contributed by atoms with Crippen molar-refractivity contribution in [3.8, 4) is 0 Å². The van der Waals surface area contributed by atoms with Crippen LogP contribution in [-0.2, 0) is 18.6 Å². The number of benzene rings is 1. The molecule has 3 N–H and O–H groups in total. The number of nitrogen functional groups attached to an aromatic ring is 1. The summed E-state index contributed by atoms with van der Waals surface area (Å²) in [6, 6.07) is 10.4. The second-order valence-corrected chi connectivity index (χ2v) is 7.34. The fourth-order valence-corrected chi connectivity index (χ4v) is 4.99. The molecule has 4 rings (SSSR count). The van der Waals surface area contributed by atoms with Crippen molar-refractivity contribution in [2.75, 3.05) is 5.43 Å². The van der Waals surface area contributed by atoms with Gasteiger partial charge in [0.15, 0.2) is 11.0 Å². The Morgan fingerprint density at radius 3 is 2.86 bits per heavy atom. The van der Waals surface area contributed by atoms with Gasteiger partial charge >= 0.3 is 0 Å². The summed E-state index contributed by atoms with van der Waals surface area (Å²) in [6.07, 6.45) is 3.50. The van der Waals surface area contributed by atoms with Gasteiger partial charge in [-0.1, -0.05) is 42.1 Å². The molecular weight excluding hydrogens is 312 g/mol. The van der Waals surface area contributed by atoms with Crippen molar-refractivity contribution in [2.45, 2.75) is 30.2 Å². The first kappa shape index (κ1) is 14.0. The first-order valence-corrected chi connectivity index (χ1v) is 9.11. The standard InChI is InChI=1S/C16H16N4S2/c17-20-14-13-11-7-4-8-12(11)22-15(13)19-16(18-14)21-9-10-5-2-1-3-6-10/h1-3,5-6H,4,7-9,17H2,(H,18,19,20). The number of anilines is 1. The van der Waals surface area contributed by atoms with Gasteiger partial charge in [0.05, 0.1) is 5.39 Å². The van der Waals surface area contributed by atoms with Gasteiger partial charge in [-0.05, 0) is 30.4 Å². The van der Waals surface area contributed by atoms with Crippen molar-refractivity contribution < 1.29 is 0 Å². The first-order chi connectivity index (χ1) is 10.8. The molecule has 1 aromatic carbocycles. The van der Waals surface area contributed by atoms with Crippen molar-refractivity contribution in [3.63, 3.8) is 0 Å². The van der Waals surface area contributed by atoms with Crippen LogP contribution in [0.4, 0.5) is 5.82 Å². The average Bonchev–Trinajstić information content (AvgIpc) is 3.13. The molecule has 3 aromatic rings. The zero-order valence-electron chi connectivity index (χ0n) is 12.0. The zero-order valence-corrected chi connectivity index (χ0v) is 13.6. The molecule has 0 aliphatic heterocycles. The summed E-state index contributed by atoms with van der Waals surface area (Å²) >= 11 is 3.44. The van der Waals surface area contributed by atoms with Crippen LogP contribution in [0.1, 0.15) is 22.4 Å². The van der Waals surface area contributed by atoms with Gasteiger partial charge in [0, 0.05) is 10.6 Å². The molecule has 2 aromatic heterocycles. The minimum Gasteiger partial charge on any atom is -0.308 e. The van der Waals surface area contributed by atoms with Gasteiger partial charge in [-0.2, -0.15) is 0 Å². The van der Waals surface area contributed by atoms with E-state index in [0.717, 1.165) is 39.8 Å². The minimum absolute atomic E-state index is 0.764. The van der Waals surface area contributed by atoms with Gasteiger partial charge in [0.2, 0.25) is 0 Å². The van der Waals surface area contributed by atoms with Gasteiger partial charge in [-0.25, -0.2) is 15.8 Å². The van der Waals surface area contributed by atoms with Crippen LogP contribution >= 0.6 is 23.1 Å². The van der Waals surface area contributed by atoms with Crippen LogP contribution < -0.4 is 11.3 Å². The van der Waals surface area contributed by atoms with Gasteiger partial charge in [-0.3, -0.25) is 0 Å². The van der Waals surface area contributed by atoms with E-state index in [1.165, 1.54) is 22.4 Å². The van der Waals surface area contributed by atoms with E-state index in [2.05, 4.69) is 34.7 Å². The normalized spacial score (nSPS) is 13.5. The highest BCUT2D eigenvalue weighted by atomic mass is 32.2. The fourth-order valence-electron chi connectivity index (χ4n) is 2.87. The first-order valence-electron chi connectivity index (χ1n) is 7.31. The number of thioether (sulfide) groups is 1. The van der Waals surface area contributed by atoms with E-state index >= 15 is 0 Å². The zero-order chi connectivity index (χ0) is 14.9. The van der Waals surface area contributed by atoms with Crippen LogP contribution in [0.2, 0.25) is 0 Å². The molecule has 4 nitrogen and oxygen atoms in total. The third-order valence-electron chi connectivity index (χ3n) is 3.89. The summed E-state index contributed by atoms with van der Waals surface area (Å²) in [7, 11) is 0. The maximum absolute atomic E-state index is 5.70. The van der Waals surface area contributed by atoms with Crippen LogP contribution in [0.15, 0.2) is 35.5 Å². The maximum atomic E-state index is 5.70. The molecule has 0 saturated carbocycles. The number of hydrogen-bond donors (Lipinski definition) is 2. The molecule has 1 aliphatic carbocycles. The summed E-state index contributed by atoms with van der Waals surface area (Å²) in [6.45, 7) is 0. The van der Waals surface area contributed by atoms with E-state index < -0.39 is 0 Å². The van der Waals surface area contributed by atoms with E-state index in [4.69, 9.17) is 10.8 Å². The Kier molecular flexibility index (Phi) is 3.73. The van der Waals surface area contributed by atoms with Crippen LogP contribution in [0, 0.1) is 0 Å². The number of thiophene rings is 1. The number of aryl methyl sites for hydroxylation is 2. The molecule has 22 heavy (non-hydrogen) atoms. The van der Waals surface area contributed by atoms with Crippen molar-refractivity contribution in [1.82, 2.24) is 9.97 Å². The van der Waals surface area contributed by atoms with E-state index in [1.54, 1.807) is 23.1 Å². The Morgan fingerprint density at radius 2 is 2.05 bits per heavy atom. The van der Waals surface area contributed by atoms with Crippen molar-refractivity contribution in [2.24, 2.45) is 5.84 Å². The molecule has 0 radical (unpaired) electrons.